The highest BCUT2D eigenvalue weighted by molar-refractivity contribution is 6.30. The van der Waals surface area contributed by atoms with Crippen molar-refractivity contribution in [1.29, 1.82) is 0 Å². The van der Waals surface area contributed by atoms with Crippen LogP contribution in [0.3, 0.4) is 0 Å². The van der Waals surface area contributed by atoms with Gasteiger partial charge in [0.1, 0.15) is 0 Å². The van der Waals surface area contributed by atoms with Gasteiger partial charge in [0.2, 0.25) is 0 Å². The van der Waals surface area contributed by atoms with Gasteiger partial charge < -0.3 is 9.75 Å². The molecule has 1 fully saturated rings. The lowest BCUT2D eigenvalue weighted by Gasteiger charge is -2.28. The number of halogens is 1. The van der Waals surface area contributed by atoms with Crippen molar-refractivity contribution >= 4 is 17.2 Å². The highest BCUT2D eigenvalue weighted by Crippen LogP contribution is 2.28. The summed E-state index contributed by atoms with van der Waals surface area (Å²) < 4.78 is 5.48. The molecule has 0 saturated carbocycles. The zero-order valence-electron chi connectivity index (χ0n) is 15.7. The van der Waals surface area contributed by atoms with Crippen LogP contribution in [0.2, 0.25) is 5.02 Å². The van der Waals surface area contributed by atoms with Crippen molar-refractivity contribution in [2.75, 3.05) is 33.4 Å². The van der Waals surface area contributed by atoms with E-state index in [9.17, 15) is 0 Å². The summed E-state index contributed by atoms with van der Waals surface area (Å²) in [6.45, 7) is 4.66. The maximum absolute atomic E-state index is 6.22. The number of morpholine rings is 1. The maximum atomic E-state index is 6.22. The van der Waals surface area contributed by atoms with Crippen LogP contribution in [0.5, 0.6) is 0 Å². The van der Waals surface area contributed by atoms with Crippen LogP contribution in [0.25, 0.3) is 5.57 Å². The van der Waals surface area contributed by atoms with Gasteiger partial charge in [0.15, 0.2) is 0 Å². The predicted octanol–water partition coefficient (Wildman–Crippen LogP) is 3.57. The molecule has 0 aromatic heterocycles. The molecule has 1 unspecified atom stereocenters. The second-order valence-electron chi connectivity index (χ2n) is 7.25. The Balaban J connectivity index is 1.54. The Hall–Kier alpha value is -1.85. The SMILES string of the molecule is CN1C=C(c2cccc(Cl)c2)C(Cc2ccccc2CN2CCOCC2)N1. The number of hydrazine groups is 1. The topological polar surface area (TPSA) is 27.7 Å². The largest absolute Gasteiger partial charge is 0.379 e. The molecule has 0 radical (unpaired) electrons. The first kappa shape index (κ1) is 18.5. The van der Waals surface area contributed by atoms with Crippen molar-refractivity contribution in [2.24, 2.45) is 0 Å². The van der Waals surface area contributed by atoms with Gasteiger partial charge in [-0.3, -0.25) is 4.90 Å². The third-order valence-electron chi connectivity index (χ3n) is 5.27. The first-order chi connectivity index (χ1) is 13.2. The monoisotopic (exact) mass is 383 g/mol. The Labute approximate surface area is 166 Å². The second-order valence-corrected chi connectivity index (χ2v) is 7.69. The number of nitrogens with one attached hydrogen (secondary N) is 1. The molecule has 0 aliphatic carbocycles. The minimum atomic E-state index is 0.235. The van der Waals surface area contributed by atoms with Gasteiger partial charge in [-0.1, -0.05) is 48.0 Å². The lowest BCUT2D eigenvalue weighted by atomic mass is 9.93. The number of benzene rings is 2. The quantitative estimate of drug-likeness (QED) is 0.854. The van der Waals surface area contributed by atoms with Crippen molar-refractivity contribution in [1.82, 2.24) is 15.3 Å². The Morgan fingerprint density at radius 1 is 1.07 bits per heavy atom. The van der Waals surface area contributed by atoms with Crippen LogP contribution in [0, 0.1) is 0 Å². The molecule has 2 aliphatic heterocycles. The fourth-order valence-electron chi connectivity index (χ4n) is 3.88. The fourth-order valence-corrected chi connectivity index (χ4v) is 4.07. The van der Waals surface area contributed by atoms with Crippen LogP contribution in [0.1, 0.15) is 16.7 Å². The summed E-state index contributed by atoms with van der Waals surface area (Å²) in [7, 11) is 2.05. The molecule has 4 rings (SSSR count). The smallest absolute Gasteiger partial charge is 0.0594 e. The molecule has 2 aliphatic rings. The summed E-state index contributed by atoms with van der Waals surface area (Å²) in [5.74, 6) is 0. The molecule has 5 heteroatoms. The summed E-state index contributed by atoms with van der Waals surface area (Å²) in [5.41, 5.74) is 8.82. The summed E-state index contributed by atoms with van der Waals surface area (Å²) in [6, 6.07) is 17.1. The predicted molar refractivity (Wildman–Crippen MR) is 110 cm³/mol. The van der Waals surface area contributed by atoms with Gasteiger partial charge in [-0.05, 0) is 40.8 Å². The number of ether oxygens (including phenoxy) is 1. The average Bonchev–Trinajstić information content (AvgIpc) is 3.04. The van der Waals surface area contributed by atoms with E-state index in [0.29, 0.717) is 0 Å². The molecule has 1 N–H and O–H groups in total. The molecular weight excluding hydrogens is 358 g/mol. The highest BCUT2D eigenvalue weighted by atomic mass is 35.5. The van der Waals surface area contributed by atoms with E-state index in [-0.39, 0.29) is 6.04 Å². The van der Waals surface area contributed by atoms with Gasteiger partial charge in [0, 0.05) is 37.9 Å². The van der Waals surface area contributed by atoms with Crippen molar-refractivity contribution in [3.05, 3.63) is 76.4 Å². The van der Waals surface area contributed by atoms with Crippen LogP contribution in [-0.2, 0) is 17.7 Å². The molecule has 4 nitrogen and oxygen atoms in total. The maximum Gasteiger partial charge on any atom is 0.0594 e. The molecule has 0 amide bonds. The fraction of sp³-hybridized carbons (Fsp3) is 0.364. The van der Waals surface area contributed by atoms with E-state index in [2.05, 4.69) is 46.9 Å². The molecule has 1 atom stereocenters. The molecule has 27 heavy (non-hydrogen) atoms. The molecule has 2 aromatic carbocycles. The highest BCUT2D eigenvalue weighted by Gasteiger charge is 2.25. The van der Waals surface area contributed by atoms with Crippen LogP contribution in [0.4, 0.5) is 0 Å². The van der Waals surface area contributed by atoms with Gasteiger partial charge in [-0.15, -0.1) is 0 Å². The number of nitrogens with zero attached hydrogens (tertiary/aromatic N) is 2. The molecule has 142 valence electrons. The molecule has 1 saturated heterocycles. The number of hydrogen-bond donors (Lipinski definition) is 1. The summed E-state index contributed by atoms with van der Waals surface area (Å²) in [6.07, 6.45) is 3.12. The van der Waals surface area contributed by atoms with Crippen molar-refractivity contribution < 1.29 is 4.74 Å². The minimum Gasteiger partial charge on any atom is -0.379 e. The third-order valence-corrected chi connectivity index (χ3v) is 5.50. The van der Waals surface area contributed by atoms with E-state index in [4.69, 9.17) is 16.3 Å². The van der Waals surface area contributed by atoms with Crippen molar-refractivity contribution in [2.45, 2.75) is 19.0 Å². The second kappa shape index (κ2) is 8.44. The average molecular weight is 384 g/mol. The molecule has 0 spiro atoms. The normalized spacial score (nSPS) is 20.7. The zero-order valence-corrected chi connectivity index (χ0v) is 16.5. The van der Waals surface area contributed by atoms with E-state index in [1.54, 1.807) is 0 Å². The van der Waals surface area contributed by atoms with E-state index >= 15 is 0 Å². The third kappa shape index (κ3) is 4.53. The Morgan fingerprint density at radius 2 is 1.85 bits per heavy atom. The van der Waals surface area contributed by atoms with Crippen molar-refractivity contribution in [3.8, 4) is 0 Å². The van der Waals surface area contributed by atoms with E-state index < -0.39 is 0 Å². The summed E-state index contributed by atoms with van der Waals surface area (Å²) in [4.78, 5) is 2.48. The molecule has 2 aromatic rings. The van der Waals surface area contributed by atoms with Gasteiger partial charge in [-0.25, -0.2) is 5.43 Å². The molecule has 2 heterocycles. The number of hydrogen-bond acceptors (Lipinski definition) is 4. The van der Waals surface area contributed by atoms with Crippen LogP contribution in [0.15, 0.2) is 54.7 Å². The first-order valence-corrected chi connectivity index (χ1v) is 9.90. The lowest BCUT2D eigenvalue weighted by molar-refractivity contribution is 0.0340. The van der Waals surface area contributed by atoms with E-state index in [0.717, 1.165) is 44.3 Å². The first-order valence-electron chi connectivity index (χ1n) is 9.52. The van der Waals surface area contributed by atoms with Gasteiger partial charge >= 0.3 is 0 Å². The van der Waals surface area contributed by atoms with Gasteiger partial charge in [0.05, 0.1) is 19.3 Å². The molecule has 0 bridgehead atoms. The van der Waals surface area contributed by atoms with Gasteiger partial charge in [0.25, 0.3) is 0 Å². The summed E-state index contributed by atoms with van der Waals surface area (Å²) in [5, 5.41) is 2.82. The Kier molecular flexibility index (Phi) is 5.79. The van der Waals surface area contributed by atoms with Crippen LogP contribution >= 0.6 is 11.6 Å². The van der Waals surface area contributed by atoms with E-state index in [1.165, 1.54) is 22.3 Å². The number of rotatable bonds is 5. The zero-order chi connectivity index (χ0) is 18.6. The van der Waals surface area contributed by atoms with Gasteiger partial charge in [-0.2, -0.15) is 0 Å². The van der Waals surface area contributed by atoms with Crippen LogP contribution < -0.4 is 5.43 Å². The van der Waals surface area contributed by atoms with Crippen molar-refractivity contribution in [3.63, 3.8) is 0 Å². The summed E-state index contributed by atoms with van der Waals surface area (Å²) >= 11 is 6.22. The standard InChI is InChI=1S/C22H26ClN3O/c1-25-16-21(18-7-4-8-20(23)13-18)22(24-25)14-17-5-2-3-6-19(17)15-26-9-11-27-12-10-26/h2-8,13,16,22,24H,9-12,14-15H2,1H3. The van der Waals surface area contributed by atoms with E-state index in [1.807, 2.05) is 30.3 Å². The lowest BCUT2D eigenvalue weighted by Crippen LogP contribution is -2.37. The molecular formula is C22H26ClN3O. The minimum absolute atomic E-state index is 0.235. The Bertz CT molecular complexity index is 817. The Morgan fingerprint density at radius 3 is 2.63 bits per heavy atom. The van der Waals surface area contributed by atoms with Crippen LogP contribution in [-0.4, -0.2) is 49.3 Å².